The molecule has 164 valence electrons. The van der Waals surface area contributed by atoms with Crippen LogP contribution in [0.15, 0.2) is 70.2 Å². The highest BCUT2D eigenvalue weighted by molar-refractivity contribution is 8.04. The first-order chi connectivity index (χ1) is 14.8. The van der Waals surface area contributed by atoms with Gasteiger partial charge in [0, 0.05) is 11.3 Å². The van der Waals surface area contributed by atoms with Crippen molar-refractivity contribution in [2.45, 2.75) is 62.4 Å². The fourth-order valence-corrected chi connectivity index (χ4v) is 4.99. The van der Waals surface area contributed by atoms with E-state index in [0.717, 1.165) is 16.0 Å². The van der Waals surface area contributed by atoms with Gasteiger partial charge in [-0.05, 0) is 42.4 Å². The maximum absolute atomic E-state index is 13.1. The third kappa shape index (κ3) is 5.50. The normalized spacial score (nSPS) is 18.9. The third-order valence-corrected chi connectivity index (χ3v) is 6.69. The number of carbonyl (C=O) groups is 2. The quantitative estimate of drug-likeness (QED) is 0.394. The minimum Gasteiger partial charge on any atom is -0.511 e. The van der Waals surface area contributed by atoms with Crippen LogP contribution >= 0.6 is 11.8 Å². The minimum atomic E-state index is -0.957. The highest BCUT2D eigenvalue weighted by Crippen LogP contribution is 2.46. The van der Waals surface area contributed by atoms with Crippen molar-refractivity contribution in [2.24, 2.45) is 5.73 Å². The molecule has 1 heterocycles. The monoisotopic (exact) mass is 439 g/mol. The van der Waals surface area contributed by atoms with Crippen LogP contribution < -0.4 is 5.73 Å². The predicted octanol–water partition coefficient (Wildman–Crippen LogP) is 5.56. The Labute approximate surface area is 187 Å². The number of amides is 1. The largest absolute Gasteiger partial charge is 0.511 e. The summed E-state index contributed by atoms with van der Waals surface area (Å²) in [5.74, 6) is -0.538. The summed E-state index contributed by atoms with van der Waals surface area (Å²) in [5.41, 5.74) is 6.25. The number of thioether (sulfide) groups is 1. The minimum absolute atomic E-state index is 0.0403. The Morgan fingerprint density at radius 3 is 2.45 bits per heavy atom. The topological polar surface area (TPSA) is 89.6 Å². The molecule has 0 aliphatic carbocycles. The molecule has 0 aromatic heterocycles. The van der Waals surface area contributed by atoms with Gasteiger partial charge in [-0.2, -0.15) is 0 Å². The molecule has 5 nitrogen and oxygen atoms in total. The van der Waals surface area contributed by atoms with Crippen molar-refractivity contribution in [3.63, 3.8) is 0 Å². The molecule has 3 rings (SSSR count). The number of carbonyl (C=O) groups excluding carboxylic acids is 2. The van der Waals surface area contributed by atoms with E-state index in [2.05, 4.69) is 13.8 Å². The zero-order chi connectivity index (χ0) is 22.4. The van der Waals surface area contributed by atoms with Gasteiger partial charge in [0.15, 0.2) is 0 Å². The van der Waals surface area contributed by atoms with Crippen LogP contribution in [0.1, 0.15) is 63.0 Å². The van der Waals surface area contributed by atoms with Crippen LogP contribution in [0.25, 0.3) is 0 Å². The van der Waals surface area contributed by atoms with Gasteiger partial charge in [-0.25, -0.2) is 4.79 Å². The number of aliphatic hydroxyl groups excluding tert-OH is 1. The van der Waals surface area contributed by atoms with Crippen LogP contribution in [0.4, 0.5) is 0 Å². The number of unbranched alkanes of at least 4 members (excludes halogenated alkanes) is 1. The van der Waals surface area contributed by atoms with Gasteiger partial charge in [0.25, 0.3) is 0 Å². The Hall–Kier alpha value is -2.73. The molecule has 1 amide bonds. The average molecular weight is 440 g/mol. The fourth-order valence-electron chi connectivity index (χ4n) is 3.89. The Morgan fingerprint density at radius 2 is 1.81 bits per heavy atom. The zero-order valence-electron chi connectivity index (χ0n) is 18.0. The first-order valence-corrected chi connectivity index (χ1v) is 11.4. The molecule has 0 saturated carbocycles. The lowest BCUT2D eigenvalue weighted by Crippen LogP contribution is -2.37. The number of cyclic esters (lactones) is 1. The number of primary amides is 1. The highest BCUT2D eigenvalue weighted by atomic mass is 32.2. The van der Waals surface area contributed by atoms with E-state index in [1.165, 1.54) is 11.8 Å². The van der Waals surface area contributed by atoms with Gasteiger partial charge in [0.05, 0.1) is 6.42 Å². The van der Waals surface area contributed by atoms with Gasteiger partial charge in [-0.15, -0.1) is 0 Å². The van der Waals surface area contributed by atoms with Crippen LogP contribution in [0.2, 0.25) is 0 Å². The molecule has 0 spiro atoms. The molecule has 0 radical (unpaired) electrons. The van der Waals surface area contributed by atoms with Crippen molar-refractivity contribution < 1.29 is 19.4 Å². The number of rotatable bonds is 9. The Morgan fingerprint density at radius 1 is 1.13 bits per heavy atom. The van der Waals surface area contributed by atoms with Gasteiger partial charge in [0.2, 0.25) is 5.91 Å². The van der Waals surface area contributed by atoms with Crippen molar-refractivity contribution in [2.75, 3.05) is 0 Å². The van der Waals surface area contributed by atoms with Crippen molar-refractivity contribution in [1.29, 1.82) is 0 Å². The summed E-state index contributed by atoms with van der Waals surface area (Å²) in [5, 5.41) is 11.0. The van der Waals surface area contributed by atoms with E-state index in [1.807, 2.05) is 54.6 Å². The van der Waals surface area contributed by atoms with E-state index >= 15 is 0 Å². The van der Waals surface area contributed by atoms with Crippen molar-refractivity contribution in [3.05, 3.63) is 76.4 Å². The van der Waals surface area contributed by atoms with Crippen LogP contribution in [0.5, 0.6) is 0 Å². The number of ether oxygens (including phenoxy) is 1. The van der Waals surface area contributed by atoms with Gasteiger partial charge in [0.1, 0.15) is 16.3 Å². The summed E-state index contributed by atoms with van der Waals surface area (Å²) in [4.78, 5) is 25.3. The van der Waals surface area contributed by atoms with E-state index < -0.39 is 11.6 Å². The maximum atomic E-state index is 13.1. The molecular weight excluding hydrogens is 410 g/mol. The van der Waals surface area contributed by atoms with E-state index in [9.17, 15) is 14.7 Å². The molecule has 1 aliphatic heterocycles. The Balaban J connectivity index is 1.89. The Bertz CT molecular complexity index is 970. The lowest BCUT2D eigenvalue weighted by Gasteiger charge is -2.37. The van der Waals surface area contributed by atoms with E-state index in [4.69, 9.17) is 10.5 Å². The molecule has 0 saturated heterocycles. The van der Waals surface area contributed by atoms with Crippen molar-refractivity contribution in [3.8, 4) is 0 Å². The molecule has 6 heteroatoms. The molecule has 1 unspecified atom stereocenters. The first-order valence-electron chi connectivity index (χ1n) is 10.6. The second kappa shape index (κ2) is 10.1. The molecule has 2 aromatic rings. The first kappa shape index (κ1) is 22.9. The number of aliphatic hydroxyl groups is 1. The van der Waals surface area contributed by atoms with Crippen molar-refractivity contribution in [1.82, 2.24) is 0 Å². The number of hydrogen-bond acceptors (Lipinski definition) is 5. The maximum Gasteiger partial charge on any atom is 0.349 e. The Kier molecular flexibility index (Phi) is 7.44. The molecule has 0 bridgehead atoms. The number of esters is 1. The molecule has 2 aromatic carbocycles. The average Bonchev–Trinajstić information content (AvgIpc) is 2.74. The summed E-state index contributed by atoms with van der Waals surface area (Å²) in [6.07, 6.45) is 2.24. The lowest BCUT2D eigenvalue weighted by molar-refractivity contribution is -0.160. The molecule has 31 heavy (non-hydrogen) atoms. The van der Waals surface area contributed by atoms with E-state index in [1.54, 1.807) is 0 Å². The molecule has 1 atom stereocenters. The van der Waals surface area contributed by atoms with Gasteiger partial charge >= 0.3 is 5.97 Å². The van der Waals surface area contributed by atoms with Gasteiger partial charge in [-0.3, -0.25) is 4.79 Å². The van der Waals surface area contributed by atoms with E-state index in [-0.39, 0.29) is 29.4 Å². The summed E-state index contributed by atoms with van der Waals surface area (Å²) in [6.45, 7) is 4.19. The molecular formula is C25H29NO4S. The summed E-state index contributed by atoms with van der Waals surface area (Å²) in [6, 6.07) is 17.4. The summed E-state index contributed by atoms with van der Waals surface area (Å²) < 4.78 is 6.03. The third-order valence-electron chi connectivity index (χ3n) is 5.50. The lowest BCUT2D eigenvalue weighted by atomic mass is 9.83. The van der Waals surface area contributed by atoms with Crippen LogP contribution in [0.3, 0.4) is 0 Å². The second-order valence-electron chi connectivity index (χ2n) is 8.17. The standard InChI is InChI=1S/C25H29NO4S/c1-17(2)19-12-6-7-13-21(19)31-23-20(27)16-25(30-24(23)29,15-9-8-14-22(26)28)18-10-4-3-5-11-18/h3-7,10-13,17,27H,8-9,14-16H2,1-2H3,(H2,26,28). The zero-order valence-corrected chi connectivity index (χ0v) is 18.8. The van der Waals surface area contributed by atoms with Crippen LogP contribution in [-0.2, 0) is 19.9 Å². The van der Waals surface area contributed by atoms with E-state index in [0.29, 0.717) is 25.2 Å². The van der Waals surface area contributed by atoms with Gasteiger partial charge in [-0.1, -0.05) is 74.1 Å². The van der Waals surface area contributed by atoms with Crippen LogP contribution in [0, 0.1) is 0 Å². The molecule has 3 N–H and O–H groups in total. The molecule has 0 fully saturated rings. The van der Waals surface area contributed by atoms with Crippen molar-refractivity contribution >= 4 is 23.6 Å². The summed E-state index contributed by atoms with van der Waals surface area (Å²) >= 11 is 1.26. The van der Waals surface area contributed by atoms with Gasteiger partial charge < -0.3 is 15.6 Å². The predicted molar refractivity (Wildman–Crippen MR) is 123 cm³/mol. The van der Waals surface area contributed by atoms with Crippen LogP contribution in [-0.4, -0.2) is 17.0 Å². The second-order valence-corrected chi connectivity index (χ2v) is 9.22. The number of benzene rings is 2. The number of hydrogen-bond donors (Lipinski definition) is 2. The number of nitrogens with two attached hydrogens (primary N) is 1. The molecule has 1 aliphatic rings. The highest BCUT2D eigenvalue weighted by Gasteiger charge is 2.43. The SMILES string of the molecule is CC(C)c1ccccc1SC1=C(O)CC(CCCCC(N)=O)(c2ccccc2)OC1=O. The summed E-state index contributed by atoms with van der Waals surface area (Å²) in [7, 11) is 0. The smallest absolute Gasteiger partial charge is 0.349 e. The fraction of sp³-hybridized carbons (Fsp3) is 0.360.